The number of carboxylic acids is 1. The number of carboxylic acid groups (broad SMARTS) is 1. The number of fused-ring (bicyclic) bond motifs is 1. The molecule has 0 spiro atoms. The Balaban J connectivity index is 1.84. The minimum Gasteiger partial charge on any atom is -0.493 e. The number of aromatic carboxylic acids is 1. The van der Waals surface area contributed by atoms with Gasteiger partial charge in [0.1, 0.15) is 16.7 Å². The second-order valence-electron chi connectivity index (χ2n) is 7.85. The Labute approximate surface area is 204 Å². The van der Waals surface area contributed by atoms with Crippen molar-refractivity contribution >= 4 is 39.1 Å². The lowest BCUT2D eigenvalue weighted by Gasteiger charge is -2.20. The minimum absolute atomic E-state index is 0.0235. The SMILES string of the molecule is COc1ccc(NC(=O)C(C)n2c(-c3cccc(C)c3)nc3scc(C(=O)O)c3c2=O)cc1OC. The summed E-state index contributed by atoms with van der Waals surface area (Å²) in [6.07, 6.45) is 0. The zero-order valence-electron chi connectivity index (χ0n) is 19.5. The monoisotopic (exact) mass is 493 g/mol. The summed E-state index contributed by atoms with van der Waals surface area (Å²) in [5.41, 5.74) is 1.29. The van der Waals surface area contributed by atoms with E-state index in [1.54, 1.807) is 31.2 Å². The van der Waals surface area contributed by atoms with Gasteiger partial charge < -0.3 is 19.9 Å². The Bertz CT molecular complexity index is 1510. The van der Waals surface area contributed by atoms with Crippen molar-refractivity contribution in [2.75, 3.05) is 19.5 Å². The van der Waals surface area contributed by atoms with Crippen molar-refractivity contribution in [3.8, 4) is 22.9 Å². The maximum Gasteiger partial charge on any atom is 0.337 e. The molecule has 9 nitrogen and oxygen atoms in total. The first-order valence-corrected chi connectivity index (χ1v) is 11.5. The van der Waals surface area contributed by atoms with Gasteiger partial charge in [0.05, 0.1) is 25.2 Å². The van der Waals surface area contributed by atoms with Crippen LogP contribution in [0.3, 0.4) is 0 Å². The average Bonchev–Trinajstić information content (AvgIpc) is 3.28. The molecule has 2 aromatic carbocycles. The predicted octanol–water partition coefficient (Wildman–Crippen LogP) is 4.35. The van der Waals surface area contributed by atoms with Crippen LogP contribution in [0.5, 0.6) is 11.5 Å². The molecule has 0 aliphatic rings. The van der Waals surface area contributed by atoms with Crippen LogP contribution in [0.1, 0.15) is 28.9 Å². The van der Waals surface area contributed by atoms with E-state index in [4.69, 9.17) is 9.47 Å². The minimum atomic E-state index is -1.23. The highest BCUT2D eigenvalue weighted by atomic mass is 32.1. The van der Waals surface area contributed by atoms with E-state index in [1.807, 2.05) is 25.1 Å². The molecule has 4 aromatic rings. The Morgan fingerprint density at radius 1 is 1.11 bits per heavy atom. The standard InChI is InChI=1S/C25H23N3O6S/c1-13-6-5-7-15(10-13)21-27-23-20(17(12-35-23)25(31)32)24(30)28(21)14(2)22(29)26-16-8-9-18(33-3)19(11-16)34-4/h5-12,14H,1-4H3,(H,26,29)(H,31,32). The van der Waals surface area contributed by atoms with Gasteiger partial charge in [-0.05, 0) is 32.0 Å². The van der Waals surface area contributed by atoms with Gasteiger partial charge in [0.25, 0.3) is 5.56 Å². The summed E-state index contributed by atoms with van der Waals surface area (Å²) in [5.74, 6) is -0.498. The number of aryl methyl sites for hydroxylation is 1. The summed E-state index contributed by atoms with van der Waals surface area (Å²) in [5, 5.41) is 13.7. The molecule has 0 saturated carbocycles. The topological polar surface area (TPSA) is 120 Å². The number of rotatable bonds is 7. The van der Waals surface area contributed by atoms with Crippen molar-refractivity contribution < 1.29 is 24.2 Å². The molecule has 0 aliphatic carbocycles. The summed E-state index contributed by atoms with van der Waals surface area (Å²) >= 11 is 1.08. The number of amides is 1. The molecule has 2 N–H and O–H groups in total. The Kier molecular flexibility index (Phi) is 6.57. The number of hydrogen-bond donors (Lipinski definition) is 2. The van der Waals surface area contributed by atoms with E-state index in [9.17, 15) is 19.5 Å². The lowest BCUT2D eigenvalue weighted by Crippen LogP contribution is -2.33. The normalized spacial score (nSPS) is 11.8. The van der Waals surface area contributed by atoms with Crippen molar-refractivity contribution in [1.29, 1.82) is 0 Å². The zero-order valence-corrected chi connectivity index (χ0v) is 20.3. The van der Waals surface area contributed by atoms with Gasteiger partial charge in [-0.25, -0.2) is 9.78 Å². The number of thiophene rings is 1. The van der Waals surface area contributed by atoms with Crippen LogP contribution in [0, 0.1) is 6.92 Å². The first-order valence-electron chi connectivity index (χ1n) is 10.6. The third kappa shape index (κ3) is 4.47. The van der Waals surface area contributed by atoms with Crippen LogP contribution in [-0.2, 0) is 4.79 Å². The van der Waals surface area contributed by atoms with Gasteiger partial charge in [-0.1, -0.05) is 23.8 Å². The molecule has 4 rings (SSSR count). The summed E-state index contributed by atoms with van der Waals surface area (Å²) in [6, 6.07) is 11.3. The van der Waals surface area contributed by atoms with Gasteiger partial charge in [0, 0.05) is 22.7 Å². The number of methoxy groups -OCH3 is 2. The Morgan fingerprint density at radius 2 is 1.86 bits per heavy atom. The molecule has 2 heterocycles. The first-order chi connectivity index (χ1) is 16.7. The highest BCUT2D eigenvalue weighted by Gasteiger charge is 2.26. The first kappa shape index (κ1) is 24.0. The number of aromatic nitrogens is 2. The zero-order chi connectivity index (χ0) is 25.3. The largest absolute Gasteiger partial charge is 0.493 e. The van der Waals surface area contributed by atoms with Gasteiger partial charge in [-0.2, -0.15) is 0 Å². The van der Waals surface area contributed by atoms with E-state index in [2.05, 4.69) is 10.3 Å². The maximum absolute atomic E-state index is 13.6. The fourth-order valence-corrected chi connectivity index (χ4v) is 4.69. The molecule has 180 valence electrons. The van der Waals surface area contributed by atoms with Crippen LogP contribution >= 0.6 is 11.3 Å². The summed E-state index contributed by atoms with van der Waals surface area (Å²) < 4.78 is 11.8. The summed E-state index contributed by atoms with van der Waals surface area (Å²) in [6.45, 7) is 3.47. The number of carbonyl (C=O) groups excluding carboxylic acids is 1. The molecule has 0 saturated heterocycles. The summed E-state index contributed by atoms with van der Waals surface area (Å²) in [7, 11) is 3.00. The van der Waals surface area contributed by atoms with Gasteiger partial charge in [-0.15, -0.1) is 11.3 Å². The molecule has 0 fully saturated rings. The number of ether oxygens (including phenoxy) is 2. The molecular weight excluding hydrogens is 470 g/mol. The second-order valence-corrected chi connectivity index (χ2v) is 8.71. The fraction of sp³-hybridized carbons (Fsp3) is 0.200. The number of nitrogens with zero attached hydrogens (tertiary/aromatic N) is 2. The highest BCUT2D eigenvalue weighted by molar-refractivity contribution is 7.17. The van der Waals surface area contributed by atoms with Gasteiger partial charge in [0.2, 0.25) is 5.91 Å². The van der Waals surface area contributed by atoms with Crippen LogP contribution in [0.25, 0.3) is 21.6 Å². The van der Waals surface area contributed by atoms with Crippen LogP contribution in [0.4, 0.5) is 5.69 Å². The number of hydrogen-bond acceptors (Lipinski definition) is 7. The van der Waals surface area contributed by atoms with E-state index < -0.39 is 23.5 Å². The van der Waals surface area contributed by atoms with Gasteiger partial charge in [0.15, 0.2) is 11.5 Å². The third-order valence-electron chi connectivity index (χ3n) is 5.56. The predicted molar refractivity (Wildman–Crippen MR) is 134 cm³/mol. The lowest BCUT2D eigenvalue weighted by atomic mass is 10.1. The number of nitrogens with one attached hydrogen (secondary N) is 1. The molecule has 1 atom stereocenters. The molecule has 35 heavy (non-hydrogen) atoms. The van der Waals surface area contributed by atoms with Crippen molar-refractivity contribution in [1.82, 2.24) is 9.55 Å². The van der Waals surface area contributed by atoms with Gasteiger partial charge >= 0.3 is 5.97 Å². The molecular formula is C25H23N3O6S. The lowest BCUT2D eigenvalue weighted by molar-refractivity contribution is -0.118. The van der Waals surface area contributed by atoms with E-state index in [0.717, 1.165) is 16.9 Å². The molecule has 1 amide bonds. The number of benzene rings is 2. The third-order valence-corrected chi connectivity index (χ3v) is 6.44. The van der Waals surface area contributed by atoms with Crippen molar-refractivity contribution in [3.63, 3.8) is 0 Å². The molecule has 0 aliphatic heterocycles. The van der Waals surface area contributed by atoms with Crippen LogP contribution in [0.15, 0.2) is 52.6 Å². The summed E-state index contributed by atoms with van der Waals surface area (Å²) in [4.78, 5) is 43.5. The van der Waals surface area contributed by atoms with Crippen molar-refractivity contribution in [3.05, 3.63) is 69.3 Å². The van der Waals surface area contributed by atoms with E-state index in [-0.39, 0.29) is 16.8 Å². The smallest absolute Gasteiger partial charge is 0.337 e. The van der Waals surface area contributed by atoms with Crippen molar-refractivity contribution in [2.24, 2.45) is 0 Å². The molecule has 10 heteroatoms. The number of carbonyl (C=O) groups is 2. The van der Waals surface area contributed by atoms with Crippen LogP contribution < -0.4 is 20.3 Å². The maximum atomic E-state index is 13.6. The quantitative estimate of drug-likeness (QED) is 0.393. The van der Waals surface area contributed by atoms with E-state index in [0.29, 0.717) is 27.6 Å². The second kappa shape index (κ2) is 9.59. The fourth-order valence-electron chi connectivity index (χ4n) is 3.79. The Hall–Kier alpha value is -4.18. The van der Waals surface area contributed by atoms with Crippen LogP contribution in [0.2, 0.25) is 0 Å². The molecule has 0 bridgehead atoms. The average molecular weight is 494 g/mol. The highest BCUT2D eigenvalue weighted by Crippen LogP contribution is 2.31. The van der Waals surface area contributed by atoms with Crippen LogP contribution in [-0.4, -0.2) is 40.8 Å². The van der Waals surface area contributed by atoms with E-state index in [1.165, 1.54) is 24.2 Å². The van der Waals surface area contributed by atoms with E-state index >= 15 is 0 Å². The molecule has 0 radical (unpaired) electrons. The molecule has 2 aromatic heterocycles. The molecule has 1 unspecified atom stereocenters. The van der Waals surface area contributed by atoms with Gasteiger partial charge in [-0.3, -0.25) is 14.2 Å². The Morgan fingerprint density at radius 3 is 2.51 bits per heavy atom. The van der Waals surface area contributed by atoms with Crippen molar-refractivity contribution in [2.45, 2.75) is 19.9 Å². The number of anilines is 1.